The maximum atomic E-state index is 13.3. The Balaban J connectivity index is 1.52. The second-order valence-corrected chi connectivity index (χ2v) is 7.63. The fourth-order valence-corrected chi connectivity index (χ4v) is 3.39. The van der Waals surface area contributed by atoms with Crippen molar-refractivity contribution in [3.05, 3.63) is 108 Å². The minimum Gasteiger partial charge on any atom is -0.350 e. The Morgan fingerprint density at radius 2 is 1.70 bits per heavy atom. The molecule has 2 N–H and O–H groups in total. The van der Waals surface area contributed by atoms with E-state index < -0.39 is 5.91 Å². The smallest absolute Gasteiger partial charge is 0.255 e. The molecule has 1 heterocycles. The first-order chi connectivity index (χ1) is 16.0. The van der Waals surface area contributed by atoms with Crippen molar-refractivity contribution in [2.75, 3.05) is 6.54 Å². The number of carbonyl (C=O) groups excluding carboxylic acids is 2. The lowest BCUT2D eigenvalue weighted by Gasteiger charge is -2.07. The first kappa shape index (κ1) is 22.0. The zero-order valence-electron chi connectivity index (χ0n) is 18.1. The molecule has 0 saturated carbocycles. The Morgan fingerprint density at radius 3 is 2.42 bits per heavy atom. The van der Waals surface area contributed by atoms with Crippen LogP contribution >= 0.6 is 0 Å². The van der Waals surface area contributed by atoms with E-state index in [9.17, 15) is 14.0 Å². The van der Waals surface area contributed by atoms with Crippen molar-refractivity contribution in [3.8, 4) is 16.9 Å². The van der Waals surface area contributed by atoms with E-state index in [0.717, 1.165) is 16.7 Å². The lowest BCUT2D eigenvalue weighted by Crippen LogP contribution is -2.36. The van der Waals surface area contributed by atoms with Crippen molar-refractivity contribution in [2.45, 2.75) is 13.5 Å². The van der Waals surface area contributed by atoms with Gasteiger partial charge in [0.15, 0.2) is 0 Å². The highest BCUT2D eigenvalue weighted by molar-refractivity contribution is 6.01. The number of rotatable bonds is 7. The molecule has 0 aliphatic rings. The molecule has 0 fully saturated rings. The Kier molecular flexibility index (Phi) is 6.59. The highest BCUT2D eigenvalue weighted by Crippen LogP contribution is 2.24. The summed E-state index contributed by atoms with van der Waals surface area (Å²) in [6.45, 7) is 2.17. The number of nitrogens with one attached hydrogen (secondary N) is 2. The Morgan fingerprint density at radius 1 is 0.939 bits per heavy atom. The van der Waals surface area contributed by atoms with Crippen LogP contribution in [0.4, 0.5) is 4.39 Å². The molecule has 4 rings (SSSR count). The number of aryl methyl sites for hydroxylation is 1. The maximum Gasteiger partial charge on any atom is 0.255 e. The fraction of sp³-hybridized carbons (Fsp3) is 0.115. The van der Waals surface area contributed by atoms with Crippen LogP contribution in [0.25, 0.3) is 16.9 Å². The molecule has 1 aromatic heterocycles. The van der Waals surface area contributed by atoms with E-state index >= 15 is 0 Å². The van der Waals surface area contributed by atoms with Gasteiger partial charge in [0, 0.05) is 18.3 Å². The number of benzene rings is 3. The van der Waals surface area contributed by atoms with E-state index in [0.29, 0.717) is 23.5 Å². The summed E-state index contributed by atoms with van der Waals surface area (Å²) in [5, 5.41) is 10.0. The van der Waals surface area contributed by atoms with Crippen molar-refractivity contribution in [3.63, 3.8) is 0 Å². The van der Waals surface area contributed by atoms with Gasteiger partial charge in [0.1, 0.15) is 11.5 Å². The summed E-state index contributed by atoms with van der Waals surface area (Å²) in [6, 6.07) is 23.0. The van der Waals surface area contributed by atoms with Gasteiger partial charge in [0.05, 0.1) is 17.8 Å². The average molecular weight is 442 g/mol. The zero-order chi connectivity index (χ0) is 23.2. The molecule has 0 bridgehead atoms. The molecule has 166 valence electrons. The standard InChI is InChI=1S/C26H23FN4O2/c1-18-6-5-9-20(14-18)25-23(17-31(30-25)22-12-10-21(27)11-13-22)26(33)29-16-24(32)28-15-19-7-3-2-4-8-19/h2-14,17H,15-16H2,1H3,(H,28,32)(H,29,33). The lowest BCUT2D eigenvalue weighted by atomic mass is 10.1. The second-order valence-electron chi connectivity index (χ2n) is 7.63. The van der Waals surface area contributed by atoms with Crippen LogP contribution in [0, 0.1) is 12.7 Å². The maximum absolute atomic E-state index is 13.3. The summed E-state index contributed by atoms with van der Waals surface area (Å²) < 4.78 is 14.9. The number of hydrogen-bond acceptors (Lipinski definition) is 3. The van der Waals surface area contributed by atoms with Gasteiger partial charge in [-0.25, -0.2) is 9.07 Å². The van der Waals surface area contributed by atoms with Gasteiger partial charge in [-0.3, -0.25) is 9.59 Å². The van der Waals surface area contributed by atoms with Crippen molar-refractivity contribution in [1.29, 1.82) is 0 Å². The van der Waals surface area contributed by atoms with E-state index in [4.69, 9.17) is 0 Å². The Labute approximate surface area is 191 Å². The van der Waals surface area contributed by atoms with Gasteiger partial charge in [-0.15, -0.1) is 0 Å². The zero-order valence-corrected chi connectivity index (χ0v) is 18.1. The monoisotopic (exact) mass is 442 g/mol. The molecule has 2 amide bonds. The minimum absolute atomic E-state index is 0.166. The van der Waals surface area contributed by atoms with E-state index in [-0.39, 0.29) is 18.3 Å². The van der Waals surface area contributed by atoms with Gasteiger partial charge in [0.2, 0.25) is 5.91 Å². The summed E-state index contributed by atoms with van der Waals surface area (Å²) in [7, 11) is 0. The van der Waals surface area contributed by atoms with Gasteiger partial charge in [-0.2, -0.15) is 5.10 Å². The summed E-state index contributed by atoms with van der Waals surface area (Å²) >= 11 is 0. The fourth-order valence-electron chi connectivity index (χ4n) is 3.39. The molecule has 0 atom stereocenters. The third kappa shape index (κ3) is 5.51. The van der Waals surface area contributed by atoms with Crippen LogP contribution < -0.4 is 10.6 Å². The predicted octanol–water partition coefficient (Wildman–Crippen LogP) is 4.03. The van der Waals surface area contributed by atoms with E-state index in [2.05, 4.69) is 15.7 Å². The third-order valence-corrected chi connectivity index (χ3v) is 5.08. The van der Waals surface area contributed by atoms with Crippen LogP contribution in [0.5, 0.6) is 0 Å². The van der Waals surface area contributed by atoms with Gasteiger partial charge in [0.25, 0.3) is 5.91 Å². The quantitative estimate of drug-likeness (QED) is 0.454. The molecule has 4 aromatic rings. The molecule has 33 heavy (non-hydrogen) atoms. The highest BCUT2D eigenvalue weighted by Gasteiger charge is 2.19. The number of amides is 2. The van der Waals surface area contributed by atoms with Crippen LogP contribution in [0.3, 0.4) is 0 Å². The van der Waals surface area contributed by atoms with Gasteiger partial charge >= 0.3 is 0 Å². The highest BCUT2D eigenvalue weighted by atomic mass is 19.1. The molecule has 0 spiro atoms. The lowest BCUT2D eigenvalue weighted by molar-refractivity contribution is -0.120. The van der Waals surface area contributed by atoms with Crippen LogP contribution in [0.1, 0.15) is 21.5 Å². The number of aromatic nitrogens is 2. The van der Waals surface area contributed by atoms with Crippen LogP contribution in [0.15, 0.2) is 85.1 Å². The number of nitrogens with zero attached hydrogens (tertiary/aromatic N) is 2. The number of hydrogen-bond donors (Lipinski definition) is 2. The normalized spacial score (nSPS) is 10.6. The summed E-state index contributed by atoms with van der Waals surface area (Å²) in [5.41, 5.74) is 4.18. The van der Waals surface area contributed by atoms with Crippen LogP contribution in [-0.4, -0.2) is 28.1 Å². The summed E-state index contributed by atoms with van der Waals surface area (Å²) in [5.74, 6) is -1.07. The van der Waals surface area contributed by atoms with Crippen molar-refractivity contribution in [1.82, 2.24) is 20.4 Å². The number of carbonyl (C=O) groups is 2. The largest absolute Gasteiger partial charge is 0.350 e. The molecule has 3 aromatic carbocycles. The molecule has 6 nitrogen and oxygen atoms in total. The Hall–Kier alpha value is -4.26. The van der Waals surface area contributed by atoms with E-state index in [1.165, 1.54) is 16.8 Å². The first-order valence-corrected chi connectivity index (χ1v) is 10.5. The minimum atomic E-state index is -0.422. The molecule has 0 unspecified atom stereocenters. The van der Waals surface area contributed by atoms with Crippen LogP contribution in [-0.2, 0) is 11.3 Å². The Bertz CT molecular complexity index is 1270. The van der Waals surface area contributed by atoms with Crippen molar-refractivity contribution in [2.24, 2.45) is 0 Å². The third-order valence-electron chi connectivity index (χ3n) is 5.08. The van der Waals surface area contributed by atoms with Crippen molar-refractivity contribution < 1.29 is 14.0 Å². The van der Waals surface area contributed by atoms with Gasteiger partial charge < -0.3 is 10.6 Å². The molecule has 0 aliphatic carbocycles. The second kappa shape index (κ2) is 9.91. The molecule has 7 heteroatoms. The predicted molar refractivity (Wildman–Crippen MR) is 124 cm³/mol. The average Bonchev–Trinajstić information content (AvgIpc) is 3.28. The molecular formula is C26H23FN4O2. The summed E-state index contributed by atoms with van der Waals surface area (Å²) in [4.78, 5) is 25.2. The van der Waals surface area contributed by atoms with Gasteiger partial charge in [-0.05, 0) is 42.8 Å². The van der Waals surface area contributed by atoms with E-state index in [1.807, 2.05) is 61.5 Å². The summed E-state index contributed by atoms with van der Waals surface area (Å²) in [6.07, 6.45) is 1.59. The molecule has 0 aliphatic heterocycles. The molecule has 0 radical (unpaired) electrons. The van der Waals surface area contributed by atoms with Gasteiger partial charge in [-0.1, -0.05) is 54.1 Å². The SMILES string of the molecule is Cc1cccc(-c2nn(-c3ccc(F)cc3)cc2C(=O)NCC(=O)NCc2ccccc2)c1. The molecule has 0 saturated heterocycles. The molecular weight excluding hydrogens is 419 g/mol. The first-order valence-electron chi connectivity index (χ1n) is 10.5. The topological polar surface area (TPSA) is 76.0 Å². The van der Waals surface area contributed by atoms with Crippen LogP contribution in [0.2, 0.25) is 0 Å². The van der Waals surface area contributed by atoms with E-state index in [1.54, 1.807) is 18.3 Å². The van der Waals surface area contributed by atoms with Crippen molar-refractivity contribution >= 4 is 11.8 Å². The number of halogens is 1.